The van der Waals surface area contributed by atoms with Crippen LogP contribution >= 0.6 is 0 Å². The number of aromatic nitrogens is 1. The molecule has 3 nitrogen and oxygen atoms in total. The van der Waals surface area contributed by atoms with Gasteiger partial charge in [0.25, 0.3) is 0 Å². The van der Waals surface area contributed by atoms with Crippen LogP contribution in [0.2, 0.25) is 0 Å². The van der Waals surface area contributed by atoms with Gasteiger partial charge in [0.2, 0.25) is 0 Å². The first-order valence-electron chi connectivity index (χ1n) is 7.16. The van der Waals surface area contributed by atoms with E-state index in [-0.39, 0.29) is 5.82 Å². The molecule has 1 aromatic carbocycles. The average molecular weight is 288 g/mol. The number of benzene rings is 1. The van der Waals surface area contributed by atoms with Crippen LogP contribution < -0.4 is 10.1 Å². The number of halogens is 1. The van der Waals surface area contributed by atoms with Crippen LogP contribution in [0.25, 0.3) is 0 Å². The third-order valence-corrected chi connectivity index (χ3v) is 2.93. The summed E-state index contributed by atoms with van der Waals surface area (Å²) in [6.45, 7) is 6.34. The SMILES string of the molecule is CC(C)COc1ccc(CNCc2ccc(F)cn2)cc1. The third kappa shape index (κ3) is 5.52. The first kappa shape index (κ1) is 15.4. The highest BCUT2D eigenvalue weighted by molar-refractivity contribution is 5.27. The van der Waals surface area contributed by atoms with Crippen LogP contribution in [-0.4, -0.2) is 11.6 Å². The maximum Gasteiger partial charge on any atom is 0.141 e. The van der Waals surface area contributed by atoms with Crippen molar-refractivity contribution >= 4 is 0 Å². The van der Waals surface area contributed by atoms with Crippen molar-refractivity contribution in [3.05, 3.63) is 59.7 Å². The fraction of sp³-hybridized carbons (Fsp3) is 0.353. The standard InChI is InChI=1S/C17H21FN2O/c1-13(2)12-21-17-7-3-14(4-8-17)9-19-11-16-6-5-15(18)10-20-16/h3-8,10,13,19H,9,11-12H2,1-2H3. The molecule has 0 saturated carbocycles. The van der Waals surface area contributed by atoms with Gasteiger partial charge in [0.05, 0.1) is 18.5 Å². The van der Waals surface area contributed by atoms with E-state index in [0.29, 0.717) is 12.5 Å². The van der Waals surface area contributed by atoms with Gasteiger partial charge in [-0.25, -0.2) is 4.39 Å². The molecule has 4 heteroatoms. The van der Waals surface area contributed by atoms with Crippen molar-refractivity contribution in [1.29, 1.82) is 0 Å². The number of ether oxygens (including phenoxy) is 1. The molecule has 0 aliphatic rings. The lowest BCUT2D eigenvalue weighted by Gasteiger charge is -2.09. The van der Waals surface area contributed by atoms with Crippen LogP contribution in [0.5, 0.6) is 5.75 Å². The van der Waals surface area contributed by atoms with Gasteiger partial charge in [-0.15, -0.1) is 0 Å². The Morgan fingerprint density at radius 1 is 1.10 bits per heavy atom. The van der Waals surface area contributed by atoms with E-state index in [1.807, 2.05) is 24.3 Å². The van der Waals surface area contributed by atoms with E-state index in [2.05, 4.69) is 24.1 Å². The van der Waals surface area contributed by atoms with Crippen molar-refractivity contribution in [2.45, 2.75) is 26.9 Å². The molecule has 0 aliphatic heterocycles. The number of nitrogens with zero attached hydrogens (tertiary/aromatic N) is 1. The third-order valence-electron chi connectivity index (χ3n) is 2.93. The molecule has 0 bridgehead atoms. The van der Waals surface area contributed by atoms with E-state index in [0.717, 1.165) is 24.6 Å². The predicted molar refractivity (Wildman–Crippen MR) is 81.5 cm³/mol. The van der Waals surface area contributed by atoms with Gasteiger partial charge in [0.15, 0.2) is 0 Å². The van der Waals surface area contributed by atoms with Crippen molar-refractivity contribution in [2.24, 2.45) is 5.92 Å². The van der Waals surface area contributed by atoms with Crippen LogP contribution in [0.15, 0.2) is 42.6 Å². The smallest absolute Gasteiger partial charge is 0.141 e. The van der Waals surface area contributed by atoms with Gasteiger partial charge in [-0.3, -0.25) is 4.98 Å². The van der Waals surface area contributed by atoms with Crippen molar-refractivity contribution < 1.29 is 9.13 Å². The number of hydrogen-bond acceptors (Lipinski definition) is 3. The first-order valence-corrected chi connectivity index (χ1v) is 7.16. The minimum atomic E-state index is -0.310. The highest BCUT2D eigenvalue weighted by Gasteiger charge is 1.99. The summed E-state index contributed by atoms with van der Waals surface area (Å²) in [5, 5.41) is 3.28. The molecule has 21 heavy (non-hydrogen) atoms. The summed E-state index contributed by atoms with van der Waals surface area (Å²) in [5.41, 5.74) is 2.00. The maximum atomic E-state index is 12.7. The summed E-state index contributed by atoms with van der Waals surface area (Å²) >= 11 is 0. The van der Waals surface area contributed by atoms with Gasteiger partial charge in [-0.05, 0) is 35.7 Å². The van der Waals surface area contributed by atoms with E-state index in [1.165, 1.54) is 17.8 Å². The number of hydrogen-bond donors (Lipinski definition) is 1. The molecule has 1 aromatic heterocycles. The van der Waals surface area contributed by atoms with Crippen molar-refractivity contribution in [3.63, 3.8) is 0 Å². The Hall–Kier alpha value is -1.94. The Balaban J connectivity index is 1.77. The lowest BCUT2D eigenvalue weighted by molar-refractivity contribution is 0.271. The summed E-state index contributed by atoms with van der Waals surface area (Å²) in [5.74, 6) is 1.11. The Kier molecular flexibility index (Phi) is 5.69. The molecule has 2 rings (SSSR count). The molecule has 2 aromatic rings. The van der Waals surface area contributed by atoms with E-state index < -0.39 is 0 Å². The van der Waals surface area contributed by atoms with E-state index >= 15 is 0 Å². The Morgan fingerprint density at radius 3 is 2.48 bits per heavy atom. The summed E-state index contributed by atoms with van der Waals surface area (Å²) in [6, 6.07) is 11.2. The molecule has 0 aliphatic carbocycles. The van der Waals surface area contributed by atoms with Gasteiger partial charge in [-0.1, -0.05) is 26.0 Å². The zero-order chi connectivity index (χ0) is 15.1. The molecule has 0 spiro atoms. The van der Waals surface area contributed by atoms with Crippen LogP contribution in [0.1, 0.15) is 25.1 Å². The molecular weight excluding hydrogens is 267 g/mol. The summed E-state index contributed by atoms with van der Waals surface area (Å²) < 4.78 is 18.4. The fourth-order valence-corrected chi connectivity index (χ4v) is 1.81. The van der Waals surface area contributed by atoms with Gasteiger partial charge in [0.1, 0.15) is 11.6 Å². The van der Waals surface area contributed by atoms with Crippen LogP contribution in [-0.2, 0) is 13.1 Å². The van der Waals surface area contributed by atoms with Crippen LogP contribution in [0, 0.1) is 11.7 Å². The second kappa shape index (κ2) is 7.74. The molecule has 0 fully saturated rings. The molecule has 1 N–H and O–H groups in total. The molecule has 1 heterocycles. The normalized spacial score (nSPS) is 10.9. The number of rotatable bonds is 7. The topological polar surface area (TPSA) is 34.1 Å². The highest BCUT2D eigenvalue weighted by Crippen LogP contribution is 2.13. The largest absolute Gasteiger partial charge is 0.493 e. The summed E-state index contributed by atoms with van der Waals surface area (Å²) in [6.07, 6.45) is 1.23. The quantitative estimate of drug-likeness (QED) is 0.846. The van der Waals surface area contributed by atoms with Gasteiger partial charge >= 0.3 is 0 Å². The zero-order valence-corrected chi connectivity index (χ0v) is 12.5. The summed E-state index contributed by atoms with van der Waals surface area (Å²) in [4.78, 5) is 4.01. The minimum Gasteiger partial charge on any atom is -0.493 e. The zero-order valence-electron chi connectivity index (χ0n) is 12.5. The van der Waals surface area contributed by atoms with Crippen LogP contribution in [0.4, 0.5) is 4.39 Å². The Bertz CT molecular complexity index is 538. The van der Waals surface area contributed by atoms with Crippen molar-refractivity contribution in [3.8, 4) is 5.75 Å². The molecule has 112 valence electrons. The first-order chi connectivity index (χ1) is 10.1. The average Bonchev–Trinajstić information content (AvgIpc) is 2.48. The Labute approximate surface area is 125 Å². The molecular formula is C17H21FN2O. The number of pyridine rings is 1. The number of nitrogens with one attached hydrogen (secondary N) is 1. The van der Waals surface area contributed by atoms with Gasteiger partial charge in [0, 0.05) is 13.1 Å². The van der Waals surface area contributed by atoms with Crippen molar-refractivity contribution in [1.82, 2.24) is 10.3 Å². The lowest BCUT2D eigenvalue weighted by atomic mass is 10.2. The molecule has 0 amide bonds. The van der Waals surface area contributed by atoms with Crippen molar-refractivity contribution in [2.75, 3.05) is 6.61 Å². The van der Waals surface area contributed by atoms with E-state index in [4.69, 9.17) is 4.74 Å². The highest BCUT2D eigenvalue weighted by atomic mass is 19.1. The molecule has 0 atom stereocenters. The summed E-state index contributed by atoms with van der Waals surface area (Å²) in [7, 11) is 0. The minimum absolute atomic E-state index is 0.310. The predicted octanol–water partition coefficient (Wildman–Crippen LogP) is 3.55. The Morgan fingerprint density at radius 2 is 1.86 bits per heavy atom. The van der Waals surface area contributed by atoms with E-state index in [1.54, 1.807) is 6.07 Å². The second-order valence-corrected chi connectivity index (χ2v) is 5.42. The fourth-order valence-electron chi connectivity index (χ4n) is 1.81. The van der Waals surface area contributed by atoms with Crippen LogP contribution in [0.3, 0.4) is 0 Å². The lowest BCUT2D eigenvalue weighted by Crippen LogP contribution is -2.13. The molecule has 0 radical (unpaired) electrons. The molecule has 0 saturated heterocycles. The van der Waals surface area contributed by atoms with Gasteiger partial charge < -0.3 is 10.1 Å². The van der Waals surface area contributed by atoms with E-state index in [9.17, 15) is 4.39 Å². The monoisotopic (exact) mass is 288 g/mol. The second-order valence-electron chi connectivity index (χ2n) is 5.42. The molecule has 0 unspecified atom stereocenters. The van der Waals surface area contributed by atoms with Gasteiger partial charge in [-0.2, -0.15) is 0 Å². The maximum absolute atomic E-state index is 12.7.